The van der Waals surface area contributed by atoms with Crippen LogP contribution in [0, 0.1) is 0 Å². The van der Waals surface area contributed by atoms with Crippen molar-refractivity contribution in [2.75, 3.05) is 13.7 Å². The number of esters is 1. The lowest BCUT2D eigenvalue weighted by Gasteiger charge is -2.13. The number of methoxy groups -OCH3 is 1. The fourth-order valence-corrected chi connectivity index (χ4v) is 3.67. The van der Waals surface area contributed by atoms with Gasteiger partial charge in [0.25, 0.3) is 11.8 Å². The molecule has 0 unspecified atom stereocenters. The fraction of sp³-hybridized carbons (Fsp3) is 0.0769. The lowest BCUT2D eigenvalue weighted by atomic mass is 10.1. The lowest BCUT2D eigenvalue weighted by molar-refractivity contribution is -0.134. The number of carbonyl (C=O) groups is 3. The van der Waals surface area contributed by atoms with Gasteiger partial charge in [-0.1, -0.05) is 12.1 Å². The molecule has 9 heteroatoms. The quantitative estimate of drug-likeness (QED) is 0.237. The summed E-state index contributed by atoms with van der Waals surface area (Å²) in [5.74, 6) is -0.790. The minimum atomic E-state index is -0.819. The standard InChI is InChI=1S/C26H17NO8/c1-32-15-6-8-16(9-7-15)34-22-14-33-21-12-17(10-11-20(21)24(22)29)35-23(28)13-27-25(30)18-4-2-3-5-19(18)26(27)31/h2-12,14H,13H2,1H3. The average molecular weight is 471 g/mol. The maximum Gasteiger partial charge on any atom is 0.331 e. The molecule has 2 amide bonds. The van der Waals surface area contributed by atoms with Gasteiger partial charge in [0.05, 0.1) is 23.6 Å². The highest BCUT2D eigenvalue weighted by molar-refractivity contribution is 6.22. The highest BCUT2D eigenvalue weighted by Crippen LogP contribution is 2.26. The maximum absolute atomic E-state index is 12.8. The second-order valence-corrected chi connectivity index (χ2v) is 7.58. The van der Waals surface area contributed by atoms with Crippen molar-refractivity contribution in [1.29, 1.82) is 0 Å². The molecule has 0 saturated carbocycles. The Morgan fingerprint density at radius 3 is 2.14 bits per heavy atom. The van der Waals surface area contributed by atoms with Crippen molar-refractivity contribution in [2.45, 2.75) is 0 Å². The first-order valence-corrected chi connectivity index (χ1v) is 10.5. The Bertz CT molecular complexity index is 1500. The molecule has 0 N–H and O–H groups in total. The van der Waals surface area contributed by atoms with Crippen LogP contribution in [-0.4, -0.2) is 36.3 Å². The average Bonchev–Trinajstić information content (AvgIpc) is 3.11. The predicted octanol–water partition coefficient (Wildman–Crippen LogP) is 3.80. The van der Waals surface area contributed by atoms with Gasteiger partial charge in [-0.25, -0.2) is 4.79 Å². The molecule has 35 heavy (non-hydrogen) atoms. The van der Waals surface area contributed by atoms with Crippen LogP contribution in [0.15, 0.2) is 82.2 Å². The Balaban J connectivity index is 1.30. The van der Waals surface area contributed by atoms with E-state index in [2.05, 4.69) is 0 Å². The largest absolute Gasteiger partial charge is 0.497 e. The van der Waals surface area contributed by atoms with E-state index in [1.165, 1.54) is 36.6 Å². The topological polar surface area (TPSA) is 112 Å². The first-order chi connectivity index (χ1) is 16.9. The van der Waals surface area contributed by atoms with E-state index in [1.54, 1.807) is 43.5 Å². The third kappa shape index (κ3) is 4.10. The van der Waals surface area contributed by atoms with Gasteiger partial charge in [0.2, 0.25) is 11.2 Å². The van der Waals surface area contributed by atoms with E-state index in [0.717, 1.165) is 4.90 Å². The normalized spacial score (nSPS) is 12.5. The second kappa shape index (κ2) is 8.79. The molecule has 0 saturated heterocycles. The van der Waals surface area contributed by atoms with Crippen LogP contribution in [0.1, 0.15) is 20.7 Å². The molecule has 0 radical (unpaired) electrons. The predicted molar refractivity (Wildman–Crippen MR) is 123 cm³/mol. The van der Waals surface area contributed by atoms with Gasteiger partial charge in [0, 0.05) is 6.07 Å². The maximum atomic E-state index is 12.8. The number of hydrogen-bond acceptors (Lipinski definition) is 8. The number of benzene rings is 3. The van der Waals surface area contributed by atoms with Crippen molar-refractivity contribution >= 4 is 28.8 Å². The van der Waals surface area contributed by atoms with Crippen molar-refractivity contribution < 1.29 is 33.0 Å². The number of fused-ring (bicyclic) bond motifs is 2. The van der Waals surface area contributed by atoms with Crippen molar-refractivity contribution in [3.63, 3.8) is 0 Å². The summed E-state index contributed by atoms with van der Waals surface area (Å²) >= 11 is 0. The molecule has 1 aliphatic heterocycles. The van der Waals surface area contributed by atoms with Gasteiger partial charge >= 0.3 is 5.97 Å². The molecule has 4 aromatic rings. The molecule has 1 aliphatic rings. The van der Waals surface area contributed by atoms with Gasteiger partial charge in [0.1, 0.15) is 35.6 Å². The van der Waals surface area contributed by atoms with Crippen molar-refractivity contribution in [3.05, 3.63) is 94.3 Å². The summed E-state index contributed by atoms with van der Waals surface area (Å²) in [5, 5.41) is 0.219. The summed E-state index contributed by atoms with van der Waals surface area (Å²) in [4.78, 5) is 50.9. The minimum Gasteiger partial charge on any atom is -0.497 e. The molecule has 5 rings (SSSR count). The summed E-state index contributed by atoms with van der Waals surface area (Å²) in [7, 11) is 1.55. The third-order valence-electron chi connectivity index (χ3n) is 5.40. The monoisotopic (exact) mass is 471 g/mol. The van der Waals surface area contributed by atoms with Crippen molar-refractivity contribution in [2.24, 2.45) is 0 Å². The van der Waals surface area contributed by atoms with Gasteiger partial charge in [-0.3, -0.25) is 19.3 Å². The van der Waals surface area contributed by atoms with Gasteiger partial charge in [-0.15, -0.1) is 0 Å². The first kappa shape index (κ1) is 21.9. The summed E-state index contributed by atoms with van der Waals surface area (Å²) in [5.41, 5.74) is 0.241. The molecule has 0 spiro atoms. The van der Waals surface area contributed by atoms with Crippen LogP contribution < -0.4 is 19.6 Å². The highest BCUT2D eigenvalue weighted by Gasteiger charge is 2.36. The highest BCUT2D eigenvalue weighted by atomic mass is 16.5. The summed E-state index contributed by atoms with van der Waals surface area (Å²) in [6.45, 7) is -0.553. The number of ether oxygens (including phenoxy) is 3. The van der Waals surface area contributed by atoms with Crippen LogP contribution in [0.25, 0.3) is 11.0 Å². The molecule has 0 bridgehead atoms. The fourth-order valence-electron chi connectivity index (χ4n) is 3.67. The molecule has 3 aromatic carbocycles. The summed E-state index contributed by atoms with van der Waals surface area (Å²) in [6.07, 6.45) is 1.17. The number of carbonyl (C=O) groups excluding carboxylic acids is 3. The SMILES string of the molecule is COc1ccc(Oc2coc3cc(OC(=O)CN4C(=O)c5ccccc5C4=O)ccc3c2=O)cc1. The second-order valence-electron chi connectivity index (χ2n) is 7.58. The van der Waals surface area contributed by atoms with Crippen molar-refractivity contribution in [1.82, 2.24) is 4.90 Å². The number of imide groups is 1. The first-order valence-electron chi connectivity index (χ1n) is 10.5. The number of amides is 2. The van der Waals surface area contributed by atoms with E-state index in [-0.39, 0.29) is 33.6 Å². The number of rotatable bonds is 6. The summed E-state index contributed by atoms with van der Waals surface area (Å²) in [6, 6.07) is 17.2. The molecule has 9 nitrogen and oxygen atoms in total. The van der Waals surface area contributed by atoms with Gasteiger partial charge in [-0.05, 0) is 48.5 Å². The van der Waals surface area contributed by atoms with E-state index in [0.29, 0.717) is 11.5 Å². The van der Waals surface area contributed by atoms with Crippen molar-refractivity contribution in [3.8, 4) is 23.0 Å². The molecule has 1 aromatic heterocycles. The van der Waals surface area contributed by atoms with E-state index in [1.807, 2.05) is 0 Å². The van der Waals surface area contributed by atoms with Crippen LogP contribution in [-0.2, 0) is 4.79 Å². The van der Waals surface area contributed by atoms with E-state index < -0.39 is 29.8 Å². The van der Waals surface area contributed by atoms with E-state index in [9.17, 15) is 19.2 Å². The molecule has 0 aliphatic carbocycles. The van der Waals surface area contributed by atoms with Crippen LogP contribution in [0.3, 0.4) is 0 Å². The summed E-state index contributed by atoms with van der Waals surface area (Å²) < 4.78 is 21.5. The number of hydrogen-bond donors (Lipinski definition) is 0. The van der Waals surface area contributed by atoms with Gasteiger partial charge < -0.3 is 18.6 Å². The van der Waals surface area contributed by atoms with Crippen LogP contribution in [0.4, 0.5) is 0 Å². The Hall–Kier alpha value is -4.92. The smallest absolute Gasteiger partial charge is 0.331 e. The Kier molecular flexibility index (Phi) is 5.50. The van der Waals surface area contributed by atoms with E-state index >= 15 is 0 Å². The Morgan fingerprint density at radius 1 is 0.857 bits per heavy atom. The molecule has 2 heterocycles. The zero-order valence-electron chi connectivity index (χ0n) is 18.3. The molecule has 174 valence electrons. The van der Waals surface area contributed by atoms with Crippen LogP contribution >= 0.6 is 0 Å². The third-order valence-corrected chi connectivity index (χ3v) is 5.40. The molecular formula is C26H17NO8. The molecule has 0 fully saturated rings. The van der Waals surface area contributed by atoms with E-state index in [4.69, 9.17) is 18.6 Å². The number of nitrogens with zero attached hydrogens (tertiary/aromatic N) is 1. The molecular weight excluding hydrogens is 454 g/mol. The Morgan fingerprint density at radius 2 is 1.49 bits per heavy atom. The van der Waals surface area contributed by atoms with Gasteiger partial charge in [0.15, 0.2) is 0 Å². The van der Waals surface area contributed by atoms with Crippen LogP contribution in [0.2, 0.25) is 0 Å². The van der Waals surface area contributed by atoms with Gasteiger partial charge in [-0.2, -0.15) is 0 Å². The Labute approximate surface area is 198 Å². The zero-order chi connectivity index (χ0) is 24.5. The zero-order valence-corrected chi connectivity index (χ0v) is 18.3. The molecule has 0 atom stereocenters. The lowest BCUT2D eigenvalue weighted by Crippen LogP contribution is -2.36. The van der Waals surface area contributed by atoms with Crippen LogP contribution in [0.5, 0.6) is 23.0 Å². The minimum absolute atomic E-state index is 0.0157.